The first-order valence-corrected chi connectivity index (χ1v) is 6.30. The SMILES string of the molecule is C#CCN(CC)C(=O)NC1CCC(C(=O)O)CC1. The Labute approximate surface area is 108 Å². The van der Waals surface area contributed by atoms with Crippen LogP contribution in [-0.2, 0) is 4.79 Å². The maximum Gasteiger partial charge on any atom is 0.318 e. The minimum Gasteiger partial charge on any atom is -0.481 e. The summed E-state index contributed by atoms with van der Waals surface area (Å²) in [4.78, 5) is 24.2. The van der Waals surface area contributed by atoms with Gasteiger partial charge >= 0.3 is 12.0 Å². The van der Waals surface area contributed by atoms with Crippen molar-refractivity contribution in [3.05, 3.63) is 0 Å². The van der Waals surface area contributed by atoms with Gasteiger partial charge in [0.25, 0.3) is 0 Å². The second-order valence-electron chi connectivity index (χ2n) is 4.55. The first-order valence-electron chi connectivity index (χ1n) is 6.30. The van der Waals surface area contributed by atoms with Gasteiger partial charge in [0, 0.05) is 12.6 Å². The summed E-state index contributed by atoms with van der Waals surface area (Å²) in [5.74, 6) is 1.45. The highest BCUT2D eigenvalue weighted by Crippen LogP contribution is 2.24. The van der Waals surface area contributed by atoms with Gasteiger partial charge in [-0.2, -0.15) is 0 Å². The van der Waals surface area contributed by atoms with Gasteiger partial charge in [0.1, 0.15) is 0 Å². The van der Waals surface area contributed by atoms with Crippen molar-refractivity contribution >= 4 is 12.0 Å². The van der Waals surface area contributed by atoms with Crippen molar-refractivity contribution < 1.29 is 14.7 Å². The fraction of sp³-hybridized carbons (Fsp3) is 0.692. The van der Waals surface area contributed by atoms with Gasteiger partial charge in [0.15, 0.2) is 0 Å². The van der Waals surface area contributed by atoms with E-state index in [1.54, 1.807) is 4.90 Å². The normalized spacial score (nSPS) is 22.9. The molecule has 0 heterocycles. The van der Waals surface area contributed by atoms with Crippen LogP contribution in [0.4, 0.5) is 4.79 Å². The number of carboxylic acid groups (broad SMARTS) is 1. The number of aliphatic carboxylic acids is 1. The van der Waals surface area contributed by atoms with E-state index < -0.39 is 5.97 Å². The van der Waals surface area contributed by atoms with Gasteiger partial charge in [0.2, 0.25) is 0 Å². The molecule has 5 heteroatoms. The lowest BCUT2D eigenvalue weighted by atomic mass is 9.86. The third-order valence-electron chi connectivity index (χ3n) is 3.36. The number of rotatable bonds is 4. The second-order valence-corrected chi connectivity index (χ2v) is 4.55. The van der Waals surface area contributed by atoms with E-state index in [0.29, 0.717) is 25.9 Å². The van der Waals surface area contributed by atoms with E-state index in [9.17, 15) is 9.59 Å². The molecule has 5 nitrogen and oxygen atoms in total. The fourth-order valence-electron chi connectivity index (χ4n) is 2.19. The Hall–Kier alpha value is -1.70. The van der Waals surface area contributed by atoms with E-state index >= 15 is 0 Å². The minimum atomic E-state index is -0.734. The maximum atomic E-state index is 11.9. The Morgan fingerprint density at radius 2 is 2.00 bits per heavy atom. The van der Waals surface area contributed by atoms with E-state index in [4.69, 9.17) is 11.5 Å². The monoisotopic (exact) mass is 252 g/mol. The lowest BCUT2D eigenvalue weighted by molar-refractivity contribution is -0.142. The molecule has 2 amide bonds. The lowest BCUT2D eigenvalue weighted by Crippen LogP contribution is -2.46. The van der Waals surface area contributed by atoms with E-state index in [1.807, 2.05) is 6.92 Å². The molecule has 0 radical (unpaired) electrons. The molecule has 1 rings (SSSR count). The summed E-state index contributed by atoms with van der Waals surface area (Å²) in [5.41, 5.74) is 0. The van der Waals surface area contributed by atoms with Crippen molar-refractivity contribution in [1.29, 1.82) is 0 Å². The highest BCUT2D eigenvalue weighted by atomic mass is 16.4. The molecule has 0 bridgehead atoms. The van der Waals surface area contributed by atoms with Crippen molar-refractivity contribution in [3.8, 4) is 12.3 Å². The highest BCUT2D eigenvalue weighted by Gasteiger charge is 2.27. The van der Waals surface area contributed by atoms with Crippen LogP contribution in [0, 0.1) is 18.3 Å². The van der Waals surface area contributed by atoms with Crippen LogP contribution in [0.1, 0.15) is 32.6 Å². The molecule has 18 heavy (non-hydrogen) atoms. The van der Waals surface area contributed by atoms with Crippen molar-refractivity contribution in [2.45, 2.75) is 38.6 Å². The zero-order valence-corrected chi connectivity index (χ0v) is 10.7. The molecule has 1 fully saturated rings. The molecular weight excluding hydrogens is 232 g/mol. The molecule has 0 aromatic heterocycles. The van der Waals surface area contributed by atoms with Gasteiger partial charge in [-0.05, 0) is 32.6 Å². The second kappa shape index (κ2) is 6.90. The van der Waals surface area contributed by atoms with Gasteiger partial charge in [-0.1, -0.05) is 5.92 Å². The zero-order chi connectivity index (χ0) is 13.5. The number of terminal acetylenes is 1. The van der Waals surface area contributed by atoms with Crippen LogP contribution in [0.5, 0.6) is 0 Å². The van der Waals surface area contributed by atoms with E-state index in [-0.39, 0.29) is 18.0 Å². The number of carbonyl (C=O) groups excluding carboxylic acids is 1. The number of nitrogens with one attached hydrogen (secondary N) is 1. The third kappa shape index (κ3) is 3.95. The van der Waals surface area contributed by atoms with Crippen LogP contribution in [0.25, 0.3) is 0 Å². The topological polar surface area (TPSA) is 69.6 Å². The summed E-state index contributed by atoms with van der Waals surface area (Å²) in [5, 5.41) is 11.8. The predicted octanol–water partition coefficient (Wildman–Crippen LogP) is 1.29. The summed E-state index contributed by atoms with van der Waals surface area (Å²) in [6.45, 7) is 2.74. The van der Waals surface area contributed by atoms with Gasteiger partial charge in [-0.25, -0.2) is 4.79 Å². The number of urea groups is 1. The van der Waals surface area contributed by atoms with Crippen molar-refractivity contribution in [3.63, 3.8) is 0 Å². The predicted molar refractivity (Wildman–Crippen MR) is 68.0 cm³/mol. The summed E-state index contributed by atoms with van der Waals surface area (Å²) in [7, 11) is 0. The Morgan fingerprint density at radius 1 is 1.39 bits per heavy atom. The van der Waals surface area contributed by atoms with Crippen LogP contribution >= 0.6 is 0 Å². The molecule has 1 aliphatic carbocycles. The average Bonchev–Trinajstić information content (AvgIpc) is 2.36. The molecule has 0 aromatic rings. The molecule has 0 unspecified atom stereocenters. The van der Waals surface area contributed by atoms with E-state index in [0.717, 1.165) is 12.8 Å². The standard InChI is InChI=1S/C13H20N2O3/c1-3-9-15(4-2)13(18)14-11-7-5-10(6-8-11)12(16)17/h1,10-11H,4-9H2,2H3,(H,14,18)(H,16,17). The van der Waals surface area contributed by atoms with Crippen LogP contribution in [0.15, 0.2) is 0 Å². The van der Waals surface area contributed by atoms with Crippen molar-refractivity contribution in [2.75, 3.05) is 13.1 Å². The Bertz CT molecular complexity index is 341. The number of carbonyl (C=O) groups is 2. The minimum absolute atomic E-state index is 0.0694. The Morgan fingerprint density at radius 3 is 2.44 bits per heavy atom. The first-order chi connectivity index (χ1) is 8.58. The maximum absolute atomic E-state index is 11.9. The van der Waals surface area contributed by atoms with Crippen LogP contribution in [-0.4, -0.2) is 41.1 Å². The van der Waals surface area contributed by atoms with E-state index in [2.05, 4.69) is 11.2 Å². The van der Waals surface area contributed by atoms with Crippen LogP contribution in [0.2, 0.25) is 0 Å². The molecular formula is C13H20N2O3. The fourth-order valence-corrected chi connectivity index (χ4v) is 2.19. The first kappa shape index (κ1) is 14.4. The van der Waals surface area contributed by atoms with Crippen molar-refractivity contribution in [1.82, 2.24) is 10.2 Å². The number of carboxylic acids is 1. The molecule has 0 atom stereocenters. The highest BCUT2D eigenvalue weighted by molar-refractivity contribution is 5.75. The smallest absolute Gasteiger partial charge is 0.318 e. The van der Waals surface area contributed by atoms with Crippen molar-refractivity contribution in [2.24, 2.45) is 5.92 Å². The van der Waals surface area contributed by atoms with Gasteiger partial charge < -0.3 is 15.3 Å². The molecule has 100 valence electrons. The quantitative estimate of drug-likeness (QED) is 0.741. The van der Waals surface area contributed by atoms with Crippen LogP contribution in [0.3, 0.4) is 0 Å². The molecule has 1 aliphatic rings. The molecule has 0 saturated heterocycles. The number of hydrogen-bond acceptors (Lipinski definition) is 2. The Kier molecular flexibility index (Phi) is 5.50. The largest absolute Gasteiger partial charge is 0.481 e. The summed E-state index contributed by atoms with van der Waals surface area (Å²) in [6, 6.07) is -0.0888. The molecule has 0 aromatic carbocycles. The zero-order valence-electron chi connectivity index (χ0n) is 10.7. The van der Waals surface area contributed by atoms with Crippen LogP contribution < -0.4 is 5.32 Å². The molecule has 0 spiro atoms. The molecule has 2 N–H and O–H groups in total. The van der Waals surface area contributed by atoms with Gasteiger partial charge in [-0.3, -0.25) is 4.79 Å². The summed E-state index contributed by atoms with van der Waals surface area (Å²) < 4.78 is 0. The Balaban J connectivity index is 2.38. The third-order valence-corrected chi connectivity index (χ3v) is 3.36. The summed E-state index contributed by atoms with van der Waals surface area (Å²) >= 11 is 0. The number of hydrogen-bond donors (Lipinski definition) is 2. The van der Waals surface area contributed by atoms with Gasteiger partial charge in [-0.15, -0.1) is 6.42 Å². The molecule has 0 aliphatic heterocycles. The number of amides is 2. The average molecular weight is 252 g/mol. The molecule has 1 saturated carbocycles. The summed E-state index contributed by atoms with van der Waals surface area (Å²) in [6.07, 6.45) is 7.88. The number of nitrogens with zero attached hydrogens (tertiary/aromatic N) is 1. The van der Waals surface area contributed by atoms with Gasteiger partial charge in [0.05, 0.1) is 12.5 Å². The lowest BCUT2D eigenvalue weighted by Gasteiger charge is -2.29. The van der Waals surface area contributed by atoms with E-state index in [1.165, 1.54) is 0 Å².